The smallest absolute Gasteiger partial charge is 0.279 e. The van der Waals surface area contributed by atoms with Crippen LogP contribution in [0.5, 0.6) is 5.75 Å². The van der Waals surface area contributed by atoms with Crippen molar-refractivity contribution in [3.8, 4) is 5.75 Å². The number of rotatable bonds is 6. The van der Waals surface area contributed by atoms with E-state index in [0.717, 1.165) is 36.1 Å². The second-order valence-electron chi connectivity index (χ2n) is 8.57. The van der Waals surface area contributed by atoms with Crippen LogP contribution < -0.4 is 15.2 Å². The molecule has 0 radical (unpaired) electrons. The number of hydrogen-bond donors (Lipinski definition) is 2. The van der Waals surface area contributed by atoms with Gasteiger partial charge in [0.05, 0.1) is 0 Å². The highest BCUT2D eigenvalue weighted by Crippen LogP contribution is 2.36. The van der Waals surface area contributed by atoms with Crippen molar-refractivity contribution in [3.63, 3.8) is 0 Å². The second kappa shape index (κ2) is 9.06. The number of ether oxygens (including phenoxy) is 1. The predicted octanol–water partition coefficient (Wildman–Crippen LogP) is 2.80. The summed E-state index contributed by atoms with van der Waals surface area (Å²) < 4.78 is 35.6. The molecule has 1 saturated heterocycles. The summed E-state index contributed by atoms with van der Waals surface area (Å²) in [6, 6.07) is 16.1. The number of nitrogens with zero attached hydrogens (tertiary/aromatic N) is 1. The van der Waals surface area contributed by atoms with Crippen LogP contribution in [0, 0.1) is 5.92 Å². The molecule has 1 fully saturated rings. The van der Waals surface area contributed by atoms with Gasteiger partial charge in [-0.3, -0.25) is 0 Å². The third kappa shape index (κ3) is 4.86. The topological polar surface area (TPSA) is 84.7 Å². The van der Waals surface area contributed by atoms with Gasteiger partial charge in [0.15, 0.2) is 0 Å². The van der Waals surface area contributed by atoms with Crippen molar-refractivity contribution >= 4 is 10.2 Å². The zero-order valence-electron chi connectivity index (χ0n) is 17.5. The molecule has 2 aliphatic heterocycles. The van der Waals surface area contributed by atoms with Gasteiger partial charge in [-0.2, -0.15) is 17.4 Å². The minimum absolute atomic E-state index is 0.0977. The first kappa shape index (κ1) is 21.3. The van der Waals surface area contributed by atoms with E-state index in [0.29, 0.717) is 25.6 Å². The van der Waals surface area contributed by atoms with E-state index in [1.165, 1.54) is 5.56 Å². The summed E-state index contributed by atoms with van der Waals surface area (Å²) in [4.78, 5) is 0. The fraction of sp³-hybridized carbons (Fsp3) is 0.478. The van der Waals surface area contributed by atoms with Gasteiger partial charge in [0, 0.05) is 31.6 Å². The van der Waals surface area contributed by atoms with E-state index >= 15 is 0 Å². The minimum Gasteiger partial charge on any atom is -0.492 e. The fourth-order valence-corrected chi connectivity index (χ4v) is 5.77. The third-order valence-corrected chi connectivity index (χ3v) is 7.66. The van der Waals surface area contributed by atoms with Crippen LogP contribution in [0.3, 0.4) is 0 Å². The molecule has 2 aromatic carbocycles. The van der Waals surface area contributed by atoms with E-state index in [2.05, 4.69) is 23.8 Å². The van der Waals surface area contributed by atoms with Gasteiger partial charge in [0.1, 0.15) is 12.4 Å². The van der Waals surface area contributed by atoms with Crippen LogP contribution in [0.25, 0.3) is 0 Å². The molecule has 3 N–H and O–H groups in total. The van der Waals surface area contributed by atoms with Crippen LogP contribution in [-0.4, -0.2) is 38.5 Å². The molecule has 7 heteroatoms. The lowest BCUT2D eigenvalue weighted by molar-refractivity contribution is 0.238. The maximum absolute atomic E-state index is 12.7. The molecule has 0 saturated carbocycles. The molecule has 0 amide bonds. The highest BCUT2D eigenvalue weighted by atomic mass is 32.2. The Morgan fingerprint density at radius 1 is 1.17 bits per heavy atom. The first-order chi connectivity index (χ1) is 14.4. The van der Waals surface area contributed by atoms with E-state index in [1.807, 2.05) is 36.4 Å². The number of fused-ring (bicyclic) bond motifs is 1. The number of hydrogen-bond acceptors (Lipinski definition) is 4. The van der Waals surface area contributed by atoms with Gasteiger partial charge in [-0.25, -0.2) is 0 Å². The van der Waals surface area contributed by atoms with Gasteiger partial charge in [-0.05, 0) is 47.9 Å². The summed E-state index contributed by atoms with van der Waals surface area (Å²) in [6.07, 6.45) is 2.83. The van der Waals surface area contributed by atoms with Crippen molar-refractivity contribution in [2.24, 2.45) is 11.7 Å². The normalized spacial score (nSPS) is 24.8. The number of benzene rings is 2. The Hall–Kier alpha value is -1.93. The molecule has 162 valence electrons. The molecule has 30 heavy (non-hydrogen) atoms. The van der Waals surface area contributed by atoms with Crippen molar-refractivity contribution < 1.29 is 13.2 Å². The van der Waals surface area contributed by atoms with Crippen molar-refractivity contribution in [3.05, 3.63) is 65.2 Å². The summed E-state index contributed by atoms with van der Waals surface area (Å²) in [7, 11) is -3.48. The molecule has 0 aromatic heterocycles. The van der Waals surface area contributed by atoms with Gasteiger partial charge >= 0.3 is 0 Å². The van der Waals surface area contributed by atoms with E-state index in [4.69, 9.17) is 10.5 Å². The van der Waals surface area contributed by atoms with Crippen LogP contribution in [0.15, 0.2) is 48.5 Å². The average molecular weight is 430 g/mol. The van der Waals surface area contributed by atoms with Gasteiger partial charge in [0.25, 0.3) is 10.2 Å². The maximum atomic E-state index is 12.7. The molecule has 3 atom stereocenters. The Morgan fingerprint density at radius 3 is 2.73 bits per heavy atom. The molecule has 4 rings (SSSR count). The monoisotopic (exact) mass is 429 g/mol. The fourth-order valence-electron chi connectivity index (χ4n) is 4.42. The lowest BCUT2D eigenvalue weighted by Crippen LogP contribution is -2.45. The summed E-state index contributed by atoms with van der Waals surface area (Å²) in [5, 5.41) is 0. The van der Waals surface area contributed by atoms with E-state index in [9.17, 15) is 8.42 Å². The Morgan fingerprint density at radius 2 is 1.97 bits per heavy atom. The second-order valence-corrected chi connectivity index (χ2v) is 10.3. The largest absolute Gasteiger partial charge is 0.492 e. The molecule has 3 unspecified atom stereocenters. The summed E-state index contributed by atoms with van der Waals surface area (Å²) >= 11 is 0. The van der Waals surface area contributed by atoms with Crippen molar-refractivity contribution in [1.82, 2.24) is 9.03 Å². The Bertz CT molecular complexity index is 965. The van der Waals surface area contributed by atoms with Crippen LogP contribution in [0.1, 0.15) is 42.4 Å². The Balaban J connectivity index is 1.49. The zero-order chi connectivity index (χ0) is 21.1. The van der Waals surface area contributed by atoms with Crippen LogP contribution in [-0.2, 0) is 23.2 Å². The predicted molar refractivity (Wildman–Crippen MR) is 119 cm³/mol. The van der Waals surface area contributed by atoms with Gasteiger partial charge < -0.3 is 10.5 Å². The minimum atomic E-state index is -3.48. The van der Waals surface area contributed by atoms with Gasteiger partial charge in [-0.15, -0.1) is 0 Å². The Labute approximate surface area is 179 Å². The molecule has 2 aliphatic rings. The Kier molecular flexibility index (Phi) is 6.43. The van der Waals surface area contributed by atoms with Gasteiger partial charge in [-0.1, -0.05) is 49.4 Å². The molecular weight excluding hydrogens is 398 g/mol. The standard InChI is InChI=1S/C23H31N3O3S/c1-17-6-5-11-26(15-17)30(27,28)25-14-19-9-10-23-21(13-19)20(22(24)16-29-23)12-18-7-3-2-4-8-18/h2-4,7-10,13,17,20,22,25H,5-6,11-12,14-16,24H2,1H3. The molecule has 0 aliphatic carbocycles. The molecule has 0 spiro atoms. The average Bonchev–Trinajstić information content (AvgIpc) is 2.75. The lowest BCUT2D eigenvalue weighted by Gasteiger charge is -2.32. The highest BCUT2D eigenvalue weighted by Gasteiger charge is 2.30. The summed E-state index contributed by atoms with van der Waals surface area (Å²) in [5.41, 5.74) is 9.61. The van der Waals surface area contributed by atoms with Crippen molar-refractivity contribution in [1.29, 1.82) is 0 Å². The van der Waals surface area contributed by atoms with Crippen LogP contribution in [0.4, 0.5) is 0 Å². The summed E-state index contributed by atoms with van der Waals surface area (Å²) in [6.45, 7) is 4.02. The highest BCUT2D eigenvalue weighted by molar-refractivity contribution is 7.87. The van der Waals surface area contributed by atoms with Crippen molar-refractivity contribution in [2.75, 3.05) is 19.7 Å². The third-order valence-electron chi connectivity index (χ3n) is 6.14. The lowest BCUT2D eigenvalue weighted by atomic mass is 9.84. The molecular formula is C23H31N3O3S. The van der Waals surface area contributed by atoms with Crippen LogP contribution in [0.2, 0.25) is 0 Å². The number of nitrogens with two attached hydrogens (primary N) is 1. The maximum Gasteiger partial charge on any atom is 0.279 e. The number of nitrogens with one attached hydrogen (secondary N) is 1. The van der Waals surface area contributed by atoms with E-state index in [-0.39, 0.29) is 18.5 Å². The molecule has 2 aromatic rings. The zero-order valence-corrected chi connectivity index (χ0v) is 18.3. The van der Waals surface area contributed by atoms with E-state index in [1.54, 1.807) is 4.31 Å². The molecule has 0 bridgehead atoms. The quantitative estimate of drug-likeness (QED) is 0.740. The first-order valence-electron chi connectivity index (χ1n) is 10.7. The van der Waals surface area contributed by atoms with E-state index < -0.39 is 10.2 Å². The molecule has 6 nitrogen and oxygen atoms in total. The van der Waals surface area contributed by atoms with Gasteiger partial charge in [0.2, 0.25) is 0 Å². The SMILES string of the molecule is CC1CCCN(S(=O)(=O)NCc2ccc3c(c2)C(Cc2ccccc2)C(N)CO3)C1. The van der Waals surface area contributed by atoms with Crippen LogP contribution >= 0.6 is 0 Å². The molecule has 2 heterocycles. The summed E-state index contributed by atoms with van der Waals surface area (Å²) in [5.74, 6) is 1.38. The first-order valence-corrected chi connectivity index (χ1v) is 12.2. The van der Waals surface area contributed by atoms with Crippen molar-refractivity contribution in [2.45, 2.75) is 44.7 Å². The number of piperidine rings is 1.